The van der Waals surface area contributed by atoms with Crippen molar-refractivity contribution < 1.29 is 4.79 Å². The molecule has 0 saturated heterocycles. The van der Waals surface area contributed by atoms with E-state index in [2.05, 4.69) is 38.1 Å². The third kappa shape index (κ3) is 4.37. The standard InChI is InChI=1S/C18H18IN5O2/c1-12-9-13(2)24(21-12)16-7-8-18(26)23(22-16)11-17(25)20-10-14-3-5-15(19)6-4-14/h3-9H,10-11H2,1-2H3,(H,20,25). The van der Waals surface area contributed by atoms with Crippen molar-refractivity contribution in [3.05, 3.63) is 73.3 Å². The second kappa shape index (κ2) is 7.81. The van der Waals surface area contributed by atoms with Crippen molar-refractivity contribution in [2.45, 2.75) is 26.9 Å². The number of aryl methyl sites for hydroxylation is 2. The fourth-order valence-electron chi connectivity index (χ4n) is 2.52. The minimum absolute atomic E-state index is 0.143. The summed E-state index contributed by atoms with van der Waals surface area (Å²) in [5, 5.41) is 11.4. The third-order valence-corrected chi connectivity index (χ3v) is 4.49. The van der Waals surface area contributed by atoms with Crippen LogP contribution in [0.5, 0.6) is 0 Å². The van der Waals surface area contributed by atoms with E-state index < -0.39 is 0 Å². The molecule has 0 saturated carbocycles. The Kier molecular flexibility index (Phi) is 5.50. The van der Waals surface area contributed by atoms with Crippen LogP contribution in [0.15, 0.2) is 47.3 Å². The number of nitrogens with one attached hydrogen (secondary N) is 1. The van der Waals surface area contributed by atoms with Gasteiger partial charge in [0, 0.05) is 21.9 Å². The normalized spacial score (nSPS) is 10.7. The molecule has 0 bridgehead atoms. The first-order chi connectivity index (χ1) is 12.4. The number of benzene rings is 1. The number of carbonyl (C=O) groups excluding carboxylic acids is 1. The molecule has 0 aliphatic heterocycles. The number of rotatable bonds is 5. The van der Waals surface area contributed by atoms with Crippen LogP contribution in [-0.4, -0.2) is 25.5 Å². The lowest BCUT2D eigenvalue weighted by Gasteiger charge is -2.09. The van der Waals surface area contributed by atoms with Crippen LogP contribution in [0.3, 0.4) is 0 Å². The third-order valence-electron chi connectivity index (χ3n) is 3.78. The van der Waals surface area contributed by atoms with Crippen molar-refractivity contribution >= 4 is 28.5 Å². The van der Waals surface area contributed by atoms with Crippen molar-refractivity contribution in [3.63, 3.8) is 0 Å². The molecule has 3 rings (SSSR count). The van der Waals surface area contributed by atoms with Gasteiger partial charge in [-0.15, -0.1) is 5.10 Å². The Morgan fingerprint density at radius 3 is 2.50 bits per heavy atom. The highest BCUT2D eigenvalue weighted by Crippen LogP contribution is 2.08. The van der Waals surface area contributed by atoms with E-state index in [9.17, 15) is 9.59 Å². The molecule has 8 heteroatoms. The summed E-state index contributed by atoms with van der Waals surface area (Å²) in [6, 6.07) is 12.8. The van der Waals surface area contributed by atoms with Gasteiger partial charge >= 0.3 is 0 Å². The summed E-state index contributed by atoms with van der Waals surface area (Å²) in [4.78, 5) is 24.2. The second-order valence-corrected chi connectivity index (χ2v) is 7.18. The number of halogens is 1. The highest BCUT2D eigenvalue weighted by Gasteiger charge is 2.10. The first-order valence-electron chi connectivity index (χ1n) is 8.05. The number of amides is 1. The highest BCUT2D eigenvalue weighted by molar-refractivity contribution is 14.1. The maximum Gasteiger partial charge on any atom is 0.267 e. The van der Waals surface area contributed by atoms with Gasteiger partial charge in [-0.05, 0) is 66.3 Å². The maximum atomic E-state index is 12.2. The predicted octanol–water partition coefficient (Wildman–Crippen LogP) is 1.97. The van der Waals surface area contributed by atoms with Crippen LogP contribution in [0.1, 0.15) is 17.0 Å². The molecular weight excluding hydrogens is 445 g/mol. The van der Waals surface area contributed by atoms with Crippen LogP contribution < -0.4 is 10.9 Å². The van der Waals surface area contributed by atoms with Crippen LogP contribution >= 0.6 is 22.6 Å². The maximum absolute atomic E-state index is 12.2. The van der Waals surface area contributed by atoms with Gasteiger partial charge in [0.25, 0.3) is 5.56 Å². The number of hydrogen-bond donors (Lipinski definition) is 1. The molecule has 0 fully saturated rings. The molecule has 3 aromatic rings. The average molecular weight is 463 g/mol. The zero-order valence-electron chi connectivity index (χ0n) is 14.4. The van der Waals surface area contributed by atoms with Gasteiger partial charge in [0.2, 0.25) is 5.91 Å². The Balaban J connectivity index is 1.71. The van der Waals surface area contributed by atoms with Crippen LogP contribution in [-0.2, 0) is 17.9 Å². The molecule has 2 heterocycles. The summed E-state index contributed by atoms with van der Waals surface area (Å²) in [5.74, 6) is 0.226. The van der Waals surface area contributed by atoms with Crippen molar-refractivity contribution in [2.24, 2.45) is 0 Å². The van der Waals surface area contributed by atoms with E-state index in [1.54, 1.807) is 10.7 Å². The summed E-state index contributed by atoms with van der Waals surface area (Å²) < 4.78 is 3.93. The Morgan fingerprint density at radius 2 is 1.85 bits per heavy atom. The monoisotopic (exact) mass is 463 g/mol. The first-order valence-corrected chi connectivity index (χ1v) is 9.13. The van der Waals surface area contributed by atoms with Crippen molar-refractivity contribution in [2.75, 3.05) is 0 Å². The predicted molar refractivity (Wildman–Crippen MR) is 106 cm³/mol. The largest absolute Gasteiger partial charge is 0.350 e. The minimum atomic E-state index is -0.334. The van der Waals surface area contributed by atoms with Crippen molar-refractivity contribution in [1.29, 1.82) is 0 Å². The fraction of sp³-hybridized carbons (Fsp3) is 0.222. The minimum Gasteiger partial charge on any atom is -0.350 e. The van der Waals surface area contributed by atoms with Crippen molar-refractivity contribution in [1.82, 2.24) is 24.9 Å². The lowest BCUT2D eigenvalue weighted by molar-refractivity contribution is -0.122. The SMILES string of the molecule is Cc1cc(C)n(-c2ccc(=O)n(CC(=O)NCc3ccc(I)cc3)n2)n1. The van der Waals surface area contributed by atoms with E-state index in [4.69, 9.17) is 0 Å². The molecule has 0 aliphatic carbocycles. The topological polar surface area (TPSA) is 81.8 Å². The first kappa shape index (κ1) is 18.3. The fourth-order valence-corrected chi connectivity index (χ4v) is 2.88. The van der Waals surface area contributed by atoms with E-state index >= 15 is 0 Å². The van der Waals surface area contributed by atoms with Crippen molar-refractivity contribution in [3.8, 4) is 5.82 Å². The van der Waals surface area contributed by atoms with Gasteiger partial charge in [0.15, 0.2) is 5.82 Å². The van der Waals surface area contributed by atoms with E-state index in [-0.39, 0.29) is 18.0 Å². The van der Waals surface area contributed by atoms with Gasteiger partial charge in [-0.3, -0.25) is 9.59 Å². The van der Waals surface area contributed by atoms with Gasteiger partial charge in [-0.1, -0.05) is 12.1 Å². The molecule has 1 N–H and O–H groups in total. The molecule has 0 aliphatic rings. The number of hydrogen-bond acceptors (Lipinski definition) is 4. The molecule has 2 aromatic heterocycles. The smallest absolute Gasteiger partial charge is 0.267 e. The van der Waals surface area contributed by atoms with Crippen LogP contribution in [0.4, 0.5) is 0 Å². The van der Waals surface area contributed by atoms with Crippen LogP contribution in [0.25, 0.3) is 5.82 Å². The number of aromatic nitrogens is 4. The molecular formula is C18H18IN5O2. The number of carbonyl (C=O) groups is 1. The lowest BCUT2D eigenvalue weighted by atomic mass is 10.2. The summed E-state index contributed by atoms with van der Waals surface area (Å²) in [5.41, 5.74) is 2.43. The molecule has 26 heavy (non-hydrogen) atoms. The van der Waals surface area contributed by atoms with E-state index in [0.717, 1.165) is 25.2 Å². The van der Waals surface area contributed by atoms with Gasteiger partial charge in [0.1, 0.15) is 6.54 Å². The molecule has 134 valence electrons. The van der Waals surface area contributed by atoms with Crippen LogP contribution in [0.2, 0.25) is 0 Å². The summed E-state index contributed by atoms with van der Waals surface area (Å²) in [7, 11) is 0. The van der Waals surface area contributed by atoms with E-state index in [1.807, 2.05) is 44.2 Å². The zero-order valence-corrected chi connectivity index (χ0v) is 16.6. The molecule has 1 amide bonds. The summed E-state index contributed by atoms with van der Waals surface area (Å²) >= 11 is 2.23. The molecule has 7 nitrogen and oxygen atoms in total. The van der Waals surface area contributed by atoms with Gasteiger partial charge < -0.3 is 5.32 Å². The Bertz CT molecular complexity index is 992. The average Bonchev–Trinajstić information content (AvgIpc) is 2.95. The Labute approximate surface area is 164 Å². The van der Waals surface area contributed by atoms with Crippen LogP contribution in [0, 0.1) is 17.4 Å². The summed E-state index contributed by atoms with van der Waals surface area (Å²) in [6.07, 6.45) is 0. The zero-order chi connectivity index (χ0) is 18.7. The quantitative estimate of drug-likeness (QED) is 0.587. The Morgan fingerprint density at radius 1 is 1.12 bits per heavy atom. The van der Waals surface area contributed by atoms with E-state index in [0.29, 0.717) is 12.4 Å². The Hall–Kier alpha value is -2.49. The lowest BCUT2D eigenvalue weighted by Crippen LogP contribution is -2.33. The number of nitrogens with zero attached hydrogens (tertiary/aromatic N) is 4. The van der Waals surface area contributed by atoms with E-state index in [1.165, 1.54) is 6.07 Å². The molecule has 0 unspecified atom stereocenters. The van der Waals surface area contributed by atoms with Gasteiger partial charge in [-0.2, -0.15) is 5.10 Å². The highest BCUT2D eigenvalue weighted by atomic mass is 127. The van der Waals surface area contributed by atoms with Gasteiger partial charge in [-0.25, -0.2) is 9.36 Å². The summed E-state index contributed by atoms with van der Waals surface area (Å²) in [6.45, 7) is 4.06. The molecule has 0 atom stereocenters. The molecule has 0 spiro atoms. The molecule has 0 radical (unpaired) electrons. The van der Waals surface area contributed by atoms with Gasteiger partial charge in [0.05, 0.1) is 5.69 Å². The second-order valence-electron chi connectivity index (χ2n) is 5.93. The molecule has 1 aromatic carbocycles.